The molecule has 0 saturated carbocycles. The second-order valence-corrected chi connectivity index (χ2v) is 7.65. The smallest absolute Gasteiger partial charge is 0.272 e. The van der Waals surface area contributed by atoms with Crippen LogP contribution in [-0.4, -0.2) is 29.3 Å². The van der Waals surface area contributed by atoms with Crippen LogP contribution in [0, 0.1) is 0 Å². The number of benzene rings is 3. The number of ether oxygens (including phenoxy) is 1. The molecule has 0 radical (unpaired) electrons. The fourth-order valence-electron chi connectivity index (χ4n) is 3.07. The summed E-state index contributed by atoms with van der Waals surface area (Å²) in [5.74, 6) is 0.431. The summed E-state index contributed by atoms with van der Waals surface area (Å²) in [4.78, 5) is 17.7. The van der Waals surface area contributed by atoms with Crippen LogP contribution in [0.2, 0.25) is 0 Å². The van der Waals surface area contributed by atoms with Gasteiger partial charge in [0.25, 0.3) is 5.91 Å². The van der Waals surface area contributed by atoms with Crippen molar-refractivity contribution in [2.45, 2.75) is 0 Å². The number of nitrogens with zero attached hydrogens (tertiary/aromatic N) is 2. The van der Waals surface area contributed by atoms with E-state index in [2.05, 4.69) is 26.5 Å². The summed E-state index contributed by atoms with van der Waals surface area (Å²) in [6.45, 7) is 0. The molecule has 4 rings (SSSR count). The second-order valence-electron chi connectivity index (χ2n) is 6.74. The predicted octanol–water partition coefficient (Wildman–Crippen LogP) is 5.14. The number of hydrogen-bond acceptors (Lipinski definition) is 5. The largest absolute Gasteiger partial charge is 0.508 e. The van der Waals surface area contributed by atoms with Gasteiger partial charge in [0.05, 0.1) is 30.1 Å². The van der Waals surface area contributed by atoms with Crippen molar-refractivity contribution < 1.29 is 14.6 Å². The van der Waals surface area contributed by atoms with Gasteiger partial charge < -0.3 is 9.84 Å². The van der Waals surface area contributed by atoms with Crippen molar-refractivity contribution in [2.75, 3.05) is 7.11 Å². The number of halogens is 1. The summed E-state index contributed by atoms with van der Waals surface area (Å²) in [7, 11) is 1.58. The third-order valence-electron chi connectivity index (χ3n) is 4.67. The molecule has 0 saturated heterocycles. The molecule has 154 valence electrons. The quantitative estimate of drug-likeness (QED) is 0.309. The number of aromatic hydroxyl groups is 1. The number of aromatic nitrogens is 1. The fraction of sp³-hybridized carbons (Fsp3) is 0.0417. The molecule has 0 aliphatic rings. The van der Waals surface area contributed by atoms with E-state index < -0.39 is 0 Å². The minimum absolute atomic E-state index is 0.166. The topological polar surface area (TPSA) is 83.8 Å². The van der Waals surface area contributed by atoms with Crippen LogP contribution in [0.15, 0.2) is 82.4 Å². The predicted molar refractivity (Wildman–Crippen MR) is 125 cm³/mol. The van der Waals surface area contributed by atoms with Crippen LogP contribution < -0.4 is 10.2 Å². The monoisotopic (exact) mass is 475 g/mol. The number of nitrogens with one attached hydrogen (secondary N) is 1. The van der Waals surface area contributed by atoms with Gasteiger partial charge in [-0.25, -0.2) is 10.4 Å². The van der Waals surface area contributed by atoms with E-state index in [1.165, 1.54) is 6.21 Å². The van der Waals surface area contributed by atoms with Gasteiger partial charge in [-0.2, -0.15) is 5.10 Å². The number of hydrogen-bond donors (Lipinski definition) is 2. The van der Waals surface area contributed by atoms with Crippen molar-refractivity contribution in [1.82, 2.24) is 10.4 Å². The molecule has 0 bridgehead atoms. The molecule has 31 heavy (non-hydrogen) atoms. The summed E-state index contributed by atoms with van der Waals surface area (Å²) in [6, 6.07) is 21.4. The minimum atomic E-state index is -0.367. The summed E-state index contributed by atoms with van der Waals surface area (Å²) < 4.78 is 6.28. The highest BCUT2D eigenvalue weighted by atomic mass is 79.9. The van der Waals surface area contributed by atoms with Gasteiger partial charge in [0, 0.05) is 15.4 Å². The van der Waals surface area contributed by atoms with Gasteiger partial charge in [0.15, 0.2) is 0 Å². The standard InChI is InChI=1S/C24H18BrN3O3/c1-31-19-10-11-22-20(12-19)21(13-23(27-22)16-4-6-17(25)7-5-16)24(30)28-26-14-15-2-8-18(29)9-3-15/h2-14,29H,1H3,(H,28,30). The molecule has 0 atom stereocenters. The Kier molecular flexibility index (Phi) is 5.95. The van der Waals surface area contributed by atoms with E-state index in [1.54, 1.807) is 43.5 Å². The molecular weight excluding hydrogens is 458 g/mol. The van der Waals surface area contributed by atoms with Crippen LogP contribution in [0.4, 0.5) is 0 Å². The number of phenolic OH excluding ortho intramolecular Hbond substituents is 1. The Hall–Kier alpha value is -3.71. The highest BCUT2D eigenvalue weighted by Gasteiger charge is 2.15. The average Bonchev–Trinajstić information content (AvgIpc) is 2.79. The average molecular weight is 476 g/mol. The third kappa shape index (κ3) is 4.73. The lowest BCUT2D eigenvalue weighted by atomic mass is 10.0. The summed E-state index contributed by atoms with van der Waals surface area (Å²) >= 11 is 3.43. The van der Waals surface area contributed by atoms with Gasteiger partial charge in [-0.1, -0.05) is 28.1 Å². The van der Waals surface area contributed by atoms with Gasteiger partial charge in [0.2, 0.25) is 0 Å². The Balaban J connectivity index is 1.71. The number of carbonyl (C=O) groups is 1. The zero-order chi connectivity index (χ0) is 21.8. The van der Waals surface area contributed by atoms with E-state index in [9.17, 15) is 9.90 Å². The van der Waals surface area contributed by atoms with Crippen LogP contribution in [0.25, 0.3) is 22.2 Å². The van der Waals surface area contributed by atoms with E-state index in [4.69, 9.17) is 9.72 Å². The molecule has 1 heterocycles. The second kappa shape index (κ2) is 8.97. The first-order valence-electron chi connectivity index (χ1n) is 9.40. The molecule has 2 N–H and O–H groups in total. The van der Waals surface area contributed by atoms with Crippen molar-refractivity contribution in [3.8, 4) is 22.8 Å². The molecule has 0 aliphatic carbocycles. The van der Waals surface area contributed by atoms with Gasteiger partial charge in [-0.05, 0) is 66.2 Å². The molecule has 0 unspecified atom stereocenters. The zero-order valence-electron chi connectivity index (χ0n) is 16.5. The van der Waals surface area contributed by atoms with E-state index in [0.717, 1.165) is 15.6 Å². The maximum atomic E-state index is 13.0. The molecule has 1 aromatic heterocycles. The lowest BCUT2D eigenvalue weighted by Crippen LogP contribution is -2.18. The SMILES string of the molecule is COc1ccc2nc(-c3ccc(Br)cc3)cc(C(=O)NN=Cc3ccc(O)cc3)c2c1. The molecule has 1 amide bonds. The Labute approximate surface area is 187 Å². The number of fused-ring (bicyclic) bond motifs is 1. The maximum Gasteiger partial charge on any atom is 0.272 e. The van der Waals surface area contributed by atoms with Gasteiger partial charge >= 0.3 is 0 Å². The van der Waals surface area contributed by atoms with Gasteiger partial charge in [0.1, 0.15) is 11.5 Å². The molecule has 6 nitrogen and oxygen atoms in total. The number of pyridine rings is 1. The van der Waals surface area contributed by atoms with E-state index >= 15 is 0 Å². The first kappa shape index (κ1) is 20.6. The number of amides is 1. The summed E-state index contributed by atoms with van der Waals surface area (Å²) in [6.07, 6.45) is 1.51. The normalized spacial score (nSPS) is 11.0. The van der Waals surface area contributed by atoms with Gasteiger partial charge in [-0.3, -0.25) is 4.79 Å². The summed E-state index contributed by atoms with van der Waals surface area (Å²) in [5.41, 5.74) is 6.00. The van der Waals surface area contributed by atoms with Crippen molar-refractivity contribution in [1.29, 1.82) is 0 Å². The maximum absolute atomic E-state index is 13.0. The number of methoxy groups -OCH3 is 1. The Morgan fingerprint density at radius 3 is 2.52 bits per heavy atom. The number of hydrazone groups is 1. The van der Waals surface area contributed by atoms with E-state index in [-0.39, 0.29) is 11.7 Å². The molecule has 7 heteroatoms. The van der Waals surface area contributed by atoms with Crippen molar-refractivity contribution in [3.63, 3.8) is 0 Å². The van der Waals surface area contributed by atoms with Crippen LogP contribution in [0.3, 0.4) is 0 Å². The first-order valence-corrected chi connectivity index (χ1v) is 10.2. The number of rotatable bonds is 5. The molecule has 0 spiro atoms. The van der Waals surface area contributed by atoms with E-state index in [1.807, 2.05) is 36.4 Å². The van der Waals surface area contributed by atoms with Crippen LogP contribution in [0.5, 0.6) is 11.5 Å². The van der Waals surface area contributed by atoms with Crippen LogP contribution >= 0.6 is 15.9 Å². The summed E-state index contributed by atoms with van der Waals surface area (Å²) in [5, 5.41) is 14.1. The Morgan fingerprint density at radius 1 is 1.06 bits per heavy atom. The van der Waals surface area contributed by atoms with Crippen molar-refractivity contribution >= 4 is 39.0 Å². The van der Waals surface area contributed by atoms with Crippen LogP contribution in [-0.2, 0) is 0 Å². The number of phenols is 1. The molecular formula is C24H18BrN3O3. The molecule has 0 aliphatic heterocycles. The zero-order valence-corrected chi connectivity index (χ0v) is 18.1. The lowest BCUT2D eigenvalue weighted by Gasteiger charge is -2.10. The first-order chi connectivity index (χ1) is 15.0. The van der Waals surface area contributed by atoms with Crippen molar-refractivity contribution in [3.05, 3.63) is 88.4 Å². The molecule has 3 aromatic carbocycles. The lowest BCUT2D eigenvalue weighted by molar-refractivity contribution is 0.0956. The number of carbonyl (C=O) groups excluding carboxylic acids is 1. The van der Waals surface area contributed by atoms with Crippen LogP contribution in [0.1, 0.15) is 15.9 Å². The van der Waals surface area contributed by atoms with Gasteiger partial charge in [-0.15, -0.1) is 0 Å². The van der Waals surface area contributed by atoms with Crippen molar-refractivity contribution in [2.24, 2.45) is 5.10 Å². The fourth-order valence-corrected chi connectivity index (χ4v) is 3.34. The minimum Gasteiger partial charge on any atom is -0.508 e. The molecule has 4 aromatic rings. The highest BCUT2D eigenvalue weighted by Crippen LogP contribution is 2.28. The van der Waals surface area contributed by atoms with E-state index in [0.29, 0.717) is 27.9 Å². The Morgan fingerprint density at radius 2 is 1.81 bits per heavy atom. The third-order valence-corrected chi connectivity index (χ3v) is 5.20. The Bertz CT molecular complexity index is 1270. The highest BCUT2D eigenvalue weighted by molar-refractivity contribution is 9.10. The molecule has 0 fully saturated rings.